The number of carbonyl (C=O) groups excluding carboxylic acids is 1. The monoisotopic (exact) mass is 259 g/mol. The van der Waals surface area contributed by atoms with Crippen LogP contribution in [0.5, 0.6) is 0 Å². The van der Waals surface area contributed by atoms with Gasteiger partial charge < -0.3 is 9.84 Å². The molecule has 0 fully saturated rings. The Morgan fingerprint density at radius 2 is 1.72 bits per heavy atom. The quantitative estimate of drug-likeness (QED) is 0.824. The van der Waals surface area contributed by atoms with Gasteiger partial charge in [0.1, 0.15) is 11.1 Å². The van der Waals surface area contributed by atoms with Gasteiger partial charge in [-0.2, -0.15) is 0 Å². The minimum absolute atomic E-state index is 0.353. The lowest BCUT2D eigenvalue weighted by Crippen LogP contribution is -2.55. The lowest BCUT2D eigenvalue weighted by molar-refractivity contribution is -0.151. The Bertz CT molecular complexity index is 309. The number of hydrogen-bond acceptors (Lipinski definition) is 3. The Morgan fingerprint density at radius 1 is 1.22 bits per heavy atom. The summed E-state index contributed by atoms with van der Waals surface area (Å²) in [7, 11) is 1.49. The largest absolute Gasteiger partial charge is 0.479 e. The molecule has 0 rings (SSSR count). The highest BCUT2D eigenvalue weighted by atomic mass is 16.6. The fourth-order valence-corrected chi connectivity index (χ4v) is 1.90. The summed E-state index contributed by atoms with van der Waals surface area (Å²) in [4.78, 5) is 24.7. The van der Waals surface area contributed by atoms with Crippen molar-refractivity contribution in [2.45, 2.75) is 65.0 Å². The highest BCUT2D eigenvalue weighted by Crippen LogP contribution is 2.26. The first-order valence-electron chi connectivity index (χ1n) is 6.31. The maximum atomic E-state index is 12.0. The number of amides is 1. The Labute approximate surface area is 109 Å². The van der Waals surface area contributed by atoms with Crippen LogP contribution in [0.2, 0.25) is 0 Å². The molecular formula is C13H25NO4. The summed E-state index contributed by atoms with van der Waals surface area (Å²) >= 11 is 0. The number of carbonyl (C=O) groups is 2. The van der Waals surface area contributed by atoms with Gasteiger partial charge in [-0.05, 0) is 33.6 Å². The molecule has 0 heterocycles. The predicted octanol–water partition coefficient (Wildman–Crippen LogP) is 2.89. The summed E-state index contributed by atoms with van der Waals surface area (Å²) in [5.74, 6) is -0.986. The van der Waals surface area contributed by atoms with Crippen molar-refractivity contribution in [3.8, 4) is 0 Å². The molecule has 0 spiro atoms. The highest BCUT2D eigenvalue weighted by Gasteiger charge is 2.43. The van der Waals surface area contributed by atoms with Gasteiger partial charge in [-0.15, -0.1) is 0 Å². The summed E-state index contributed by atoms with van der Waals surface area (Å²) in [6, 6.07) is 0. The van der Waals surface area contributed by atoms with Crippen molar-refractivity contribution in [3.63, 3.8) is 0 Å². The van der Waals surface area contributed by atoms with Crippen LogP contribution in [0.15, 0.2) is 0 Å². The third kappa shape index (κ3) is 3.89. The Morgan fingerprint density at radius 3 is 2.00 bits per heavy atom. The molecule has 5 heteroatoms. The van der Waals surface area contributed by atoms with E-state index < -0.39 is 23.2 Å². The molecule has 0 saturated carbocycles. The van der Waals surface area contributed by atoms with Crippen LogP contribution in [0.1, 0.15) is 53.9 Å². The van der Waals surface area contributed by atoms with Crippen LogP contribution in [0.3, 0.4) is 0 Å². The molecule has 0 saturated heterocycles. The van der Waals surface area contributed by atoms with Gasteiger partial charge in [0.25, 0.3) is 0 Å². The topological polar surface area (TPSA) is 66.8 Å². The van der Waals surface area contributed by atoms with E-state index in [-0.39, 0.29) is 0 Å². The van der Waals surface area contributed by atoms with Crippen molar-refractivity contribution in [2.75, 3.05) is 7.05 Å². The van der Waals surface area contributed by atoms with Gasteiger partial charge in [0.15, 0.2) is 0 Å². The average molecular weight is 259 g/mol. The smallest absolute Gasteiger partial charge is 0.410 e. The first-order chi connectivity index (χ1) is 8.10. The third-order valence-corrected chi connectivity index (χ3v) is 2.96. The molecule has 0 bridgehead atoms. The van der Waals surface area contributed by atoms with E-state index in [0.717, 1.165) is 0 Å². The van der Waals surface area contributed by atoms with Gasteiger partial charge in [0.2, 0.25) is 0 Å². The van der Waals surface area contributed by atoms with Crippen molar-refractivity contribution < 1.29 is 19.4 Å². The van der Waals surface area contributed by atoms with E-state index in [1.807, 2.05) is 6.92 Å². The molecule has 106 valence electrons. The molecule has 1 unspecified atom stereocenters. The van der Waals surface area contributed by atoms with E-state index in [2.05, 4.69) is 0 Å². The number of likely N-dealkylation sites (N-methyl/N-ethyl adjacent to an activating group) is 1. The Hall–Kier alpha value is -1.26. The third-order valence-electron chi connectivity index (χ3n) is 2.96. The SMILES string of the molecule is CCCC(CC)(C(=O)O)N(C)C(=O)OC(C)(C)C. The first kappa shape index (κ1) is 16.7. The van der Waals surface area contributed by atoms with Crippen molar-refractivity contribution >= 4 is 12.1 Å². The number of nitrogens with zero attached hydrogens (tertiary/aromatic N) is 1. The summed E-state index contributed by atoms with van der Waals surface area (Å²) in [6.07, 6.45) is 0.855. The van der Waals surface area contributed by atoms with Crippen LogP contribution in [0.4, 0.5) is 4.79 Å². The normalized spacial score (nSPS) is 14.8. The van der Waals surface area contributed by atoms with E-state index in [9.17, 15) is 14.7 Å². The molecule has 0 radical (unpaired) electrons. The van der Waals surface area contributed by atoms with E-state index >= 15 is 0 Å². The zero-order valence-electron chi connectivity index (χ0n) is 12.2. The second-order valence-electron chi connectivity index (χ2n) is 5.48. The molecule has 18 heavy (non-hydrogen) atoms. The van der Waals surface area contributed by atoms with Gasteiger partial charge in [-0.3, -0.25) is 4.90 Å². The van der Waals surface area contributed by atoms with Crippen LogP contribution >= 0.6 is 0 Å². The van der Waals surface area contributed by atoms with Crippen molar-refractivity contribution in [1.82, 2.24) is 4.90 Å². The molecule has 0 aliphatic rings. The van der Waals surface area contributed by atoms with Gasteiger partial charge >= 0.3 is 12.1 Å². The van der Waals surface area contributed by atoms with Gasteiger partial charge in [-0.25, -0.2) is 9.59 Å². The highest BCUT2D eigenvalue weighted by molar-refractivity contribution is 5.84. The number of ether oxygens (including phenoxy) is 1. The second-order valence-corrected chi connectivity index (χ2v) is 5.48. The number of carboxylic acids is 1. The lowest BCUT2D eigenvalue weighted by Gasteiger charge is -2.38. The van der Waals surface area contributed by atoms with Crippen LogP contribution in [0.25, 0.3) is 0 Å². The molecule has 0 aromatic rings. The molecule has 0 aliphatic heterocycles. The molecule has 1 amide bonds. The number of aliphatic carboxylic acids is 1. The standard InChI is InChI=1S/C13H25NO4/c1-7-9-13(8-2,10(15)16)14(6)11(17)18-12(3,4)5/h7-9H2,1-6H3,(H,15,16). The summed E-state index contributed by atoms with van der Waals surface area (Å²) in [5.41, 5.74) is -1.81. The van der Waals surface area contributed by atoms with E-state index in [4.69, 9.17) is 4.74 Å². The average Bonchev–Trinajstić information content (AvgIpc) is 2.22. The van der Waals surface area contributed by atoms with Gasteiger partial charge in [-0.1, -0.05) is 20.3 Å². The lowest BCUT2D eigenvalue weighted by atomic mass is 9.89. The fourth-order valence-electron chi connectivity index (χ4n) is 1.90. The summed E-state index contributed by atoms with van der Waals surface area (Å²) < 4.78 is 5.23. The van der Waals surface area contributed by atoms with Crippen LogP contribution in [-0.4, -0.2) is 40.3 Å². The molecule has 5 nitrogen and oxygen atoms in total. The van der Waals surface area contributed by atoms with E-state index in [1.54, 1.807) is 27.7 Å². The summed E-state index contributed by atoms with van der Waals surface area (Å²) in [5, 5.41) is 9.42. The van der Waals surface area contributed by atoms with Crippen molar-refractivity contribution in [2.24, 2.45) is 0 Å². The molecule has 1 atom stereocenters. The fraction of sp³-hybridized carbons (Fsp3) is 0.846. The predicted molar refractivity (Wildman–Crippen MR) is 69.6 cm³/mol. The molecule has 0 aromatic heterocycles. The van der Waals surface area contributed by atoms with Crippen LogP contribution in [-0.2, 0) is 9.53 Å². The minimum atomic E-state index is -1.18. The number of rotatable bonds is 5. The molecule has 0 aromatic carbocycles. The van der Waals surface area contributed by atoms with Crippen LogP contribution < -0.4 is 0 Å². The number of hydrogen-bond donors (Lipinski definition) is 1. The van der Waals surface area contributed by atoms with Gasteiger partial charge in [0, 0.05) is 7.05 Å². The zero-order chi connectivity index (χ0) is 14.6. The van der Waals surface area contributed by atoms with Gasteiger partial charge in [0.05, 0.1) is 0 Å². The Balaban J connectivity index is 5.13. The van der Waals surface area contributed by atoms with E-state index in [0.29, 0.717) is 19.3 Å². The molecule has 1 N–H and O–H groups in total. The van der Waals surface area contributed by atoms with Crippen molar-refractivity contribution in [3.05, 3.63) is 0 Å². The second kappa shape index (κ2) is 6.07. The van der Waals surface area contributed by atoms with Crippen molar-refractivity contribution in [1.29, 1.82) is 0 Å². The molecular weight excluding hydrogens is 234 g/mol. The summed E-state index contributed by atoms with van der Waals surface area (Å²) in [6.45, 7) is 8.94. The first-order valence-corrected chi connectivity index (χ1v) is 6.31. The van der Waals surface area contributed by atoms with Crippen LogP contribution in [0, 0.1) is 0 Å². The maximum absolute atomic E-state index is 12.0. The maximum Gasteiger partial charge on any atom is 0.410 e. The molecule has 0 aliphatic carbocycles. The minimum Gasteiger partial charge on any atom is -0.479 e. The Kier molecular flexibility index (Phi) is 5.64. The zero-order valence-corrected chi connectivity index (χ0v) is 12.2. The van der Waals surface area contributed by atoms with E-state index in [1.165, 1.54) is 11.9 Å². The number of carboxylic acid groups (broad SMARTS) is 1.